The van der Waals surface area contributed by atoms with Crippen LogP contribution >= 0.6 is 11.3 Å². The fourth-order valence-electron chi connectivity index (χ4n) is 1.02. The molecule has 0 aliphatic rings. The monoisotopic (exact) mass is 186 g/mol. The van der Waals surface area contributed by atoms with E-state index >= 15 is 0 Å². The maximum atomic E-state index is 9.86. The Morgan fingerprint density at radius 3 is 2.83 bits per heavy atom. The third-order valence-electron chi connectivity index (χ3n) is 1.80. The molecule has 0 aliphatic heterocycles. The zero-order valence-corrected chi connectivity index (χ0v) is 8.19. The normalized spacial score (nSPS) is 16.0. The molecule has 0 spiro atoms. The van der Waals surface area contributed by atoms with Gasteiger partial charge in [0.25, 0.3) is 0 Å². The van der Waals surface area contributed by atoms with E-state index in [1.165, 1.54) is 0 Å². The van der Waals surface area contributed by atoms with E-state index in [2.05, 4.69) is 4.98 Å². The number of nitrogens with two attached hydrogens (primary N) is 1. The average Bonchev–Trinajstić information content (AvgIpc) is 2.36. The van der Waals surface area contributed by atoms with Gasteiger partial charge >= 0.3 is 0 Å². The molecule has 0 fully saturated rings. The van der Waals surface area contributed by atoms with Crippen molar-refractivity contribution in [1.82, 2.24) is 4.98 Å². The number of hydrogen-bond donors (Lipinski definition) is 2. The summed E-state index contributed by atoms with van der Waals surface area (Å²) in [6.45, 7) is 4.14. The Labute approximate surface area is 76.3 Å². The van der Waals surface area contributed by atoms with Crippen molar-refractivity contribution in [2.45, 2.75) is 25.9 Å². The molecule has 4 heteroatoms. The molecule has 0 amide bonds. The van der Waals surface area contributed by atoms with Gasteiger partial charge in [-0.25, -0.2) is 4.98 Å². The van der Waals surface area contributed by atoms with Crippen LogP contribution in [0.5, 0.6) is 0 Å². The van der Waals surface area contributed by atoms with E-state index < -0.39 is 5.60 Å². The van der Waals surface area contributed by atoms with Crippen LogP contribution in [0.1, 0.15) is 24.0 Å². The van der Waals surface area contributed by atoms with Crippen LogP contribution < -0.4 is 5.73 Å². The second-order valence-electron chi connectivity index (χ2n) is 3.06. The molecule has 0 aliphatic carbocycles. The lowest BCUT2D eigenvalue weighted by atomic mass is 9.99. The largest absolute Gasteiger partial charge is 0.384 e. The lowest BCUT2D eigenvalue weighted by Crippen LogP contribution is -2.25. The summed E-state index contributed by atoms with van der Waals surface area (Å²) < 4.78 is 0. The van der Waals surface area contributed by atoms with Gasteiger partial charge in [0.05, 0.1) is 10.7 Å². The molecule has 1 aromatic rings. The maximum absolute atomic E-state index is 9.86. The van der Waals surface area contributed by atoms with Crippen molar-refractivity contribution >= 4 is 11.3 Å². The summed E-state index contributed by atoms with van der Waals surface area (Å²) in [4.78, 5) is 4.21. The highest BCUT2D eigenvalue weighted by molar-refractivity contribution is 7.09. The van der Waals surface area contributed by atoms with E-state index in [0.29, 0.717) is 13.0 Å². The molecule has 1 rings (SSSR count). The molecule has 3 nitrogen and oxygen atoms in total. The van der Waals surface area contributed by atoms with Gasteiger partial charge in [0, 0.05) is 5.38 Å². The van der Waals surface area contributed by atoms with E-state index in [-0.39, 0.29) is 0 Å². The number of rotatable bonds is 3. The Morgan fingerprint density at radius 1 is 1.75 bits per heavy atom. The van der Waals surface area contributed by atoms with E-state index in [4.69, 9.17) is 5.73 Å². The highest BCUT2D eigenvalue weighted by atomic mass is 32.1. The van der Waals surface area contributed by atoms with E-state index in [0.717, 1.165) is 10.7 Å². The summed E-state index contributed by atoms with van der Waals surface area (Å²) >= 11 is 1.55. The Kier molecular flexibility index (Phi) is 2.82. The van der Waals surface area contributed by atoms with Gasteiger partial charge in [0.1, 0.15) is 5.60 Å². The quantitative estimate of drug-likeness (QED) is 0.740. The Balaban J connectivity index is 2.81. The maximum Gasteiger partial charge on any atom is 0.106 e. The van der Waals surface area contributed by atoms with Gasteiger partial charge in [-0.05, 0) is 26.8 Å². The summed E-state index contributed by atoms with van der Waals surface area (Å²) in [5, 5.41) is 12.7. The number of aromatic nitrogens is 1. The van der Waals surface area contributed by atoms with Crippen LogP contribution in [0.3, 0.4) is 0 Å². The molecule has 0 aromatic carbocycles. The van der Waals surface area contributed by atoms with Crippen molar-refractivity contribution in [2.75, 3.05) is 6.54 Å². The van der Waals surface area contributed by atoms with E-state index in [1.807, 2.05) is 12.3 Å². The molecule has 68 valence electrons. The van der Waals surface area contributed by atoms with Gasteiger partial charge in [0.2, 0.25) is 0 Å². The number of nitrogens with zero attached hydrogens (tertiary/aromatic N) is 1. The van der Waals surface area contributed by atoms with E-state index in [9.17, 15) is 5.11 Å². The zero-order chi connectivity index (χ0) is 9.19. The Hall–Kier alpha value is -0.450. The predicted octanol–water partition coefficient (Wildman–Crippen LogP) is 1.01. The number of aliphatic hydroxyl groups is 1. The molecule has 0 radical (unpaired) electrons. The van der Waals surface area contributed by atoms with Gasteiger partial charge in [-0.3, -0.25) is 0 Å². The molecule has 0 saturated carbocycles. The molecule has 1 unspecified atom stereocenters. The molecule has 1 atom stereocenters. The second kappa shape index (κ2) is 3.51. The van der Waals surface area contributed by atoms with Crippen LogP contribution in [0.25, 0.3) is 0 Å². The molecule has 3 N–H and O–H groups in total. The van der Waals surface area contributed by atoms with Crippen LogP contribution in [0, 0.1) is 6.92 Å². The van der Waals surface area contributed by atoms with Gasteiger partial charge < -0.3 is 10.8 Å². The van der Waals surface area contributed by atoms with E-state index in [1.54, 1.807) is 18.3 Å². The standard InChI is InChI=1S/C8H14N2OS/c1-6-10-7(5-12-6)8(2,11)3-4-9/h5,11H,3-4,9H2,1-2H3. The lowest BCUT2D eigenvalue weighted by Gasteiger charge is -2.19. The van der Waals surface area contributed by atoms with Crippen LogP contribution in [0.4, 0.5) is 0 Å². The summed E-state index contributed by atoms with van der Waals surface area (Å²) in [5.41, 5.74) is 5.24. The molecular weight excluding hydrogens is 172 g/mol. The smallest absolute Gasteiger partial charge is 0.106 e. The topological polar surface area (TPSA) is 59.1 Å². The fraction of sp³-hybridized carbons (Fsp3) is 0.625. The predicted molar refractivity (Wildman–Crippen MR) is 50.1 cm³/mol. The van der Waals surface area contributed by atoms with Gasteiger partial charge in [-0.2, -0.15) is 0 Å². The molecule has 0 bridgehead atoms. The first-order chi connectivity index (χ1) is 5.56. The SMILES string of the molecule is Cc1nc(C(C)(O)CCN)cs1. The first kappa shape index (κ1) is 9.64. The van der Waals surface area contributed by atoms with Crippen molar-refractivity contribution in [3.05, 3.63) is 16.1 Å². The molecule has 0 saturated heterocycles. The number of hydrogen-bond acceptors (Lipinski definition) is 4. The summed E-state index contributed by atoms with van der Waals surface area (Å²) in [5.74, 6) is 0. The third-order valence-corrected chi connectivity index (χ3v) is 2.58. The van der Waals surface area contributed by atoms with Crippen molar-refractivity contribution in [3.63, 3.8) is 0 Å². The van der Waals surface area contributed by atoms with Crippen LogP contribution in [0.2, 0.25) is 0 Å². The number of aryl methyl sites for hydroxylation is 1. The number of thiazole rings is 1. The summed E-state index contributed by atoms with van der Waals surface area (Å²) in [6.07, 6.45) is 0.552. The minimum Gasteiger partial charge on any atom is -0.384 e. The van der Waals surface area contributed by atoms with Crippen molar-refractivity contribution in [2.24, 2.45) is 5.73 Å². The first-order valence-electron chi connectivity index (χ1n) is 3.91. The minimum atomic E-state index is -0.862. The second-order valence-corrected chi connectivity index (χ2v) is 4.13. The summed E-state index contributed by atoms with van der Waals surface area (Å²) in [6, 6.07) is 0. The molecule has 1 heterocycles. The highest BCUT2D eigenvalue weighted by Crippen LogP contribution is 2.24. The molecule has 12 heavy (non-hydrogen) atoms. The summed E-state index contributed by atoms with van der Waals surface area (Å²) in [7, 11) is 0. The van der Waals surface area contributed by atoms with Gasteiger partial charge in [-0.1, -0.05) is 0 Å². The van der Waals surface area contributed by atoms with Crippen molar-refractivity contribution in [3.8, 4) is 0 Å². The van der Waals surface area contributed by atoms with Gasteiger partial charge in [0.15, 0.2) is 0 Å². The van der Waals surface area contributed by atoms with Crippen molar-refractivity contribution < 1.29 is 5.11 Å². The first-order valence-corrected chi connectivity index (χ1v) is 4.79. The minimum absolute atomic E-state index is 0.476. The van der Waals surface area contributed by atoms with Gasteiger partial charge in [-0.15, -0.1) is 11.3 Å². The van der Waals surface area contributed by atoms with Crippen molar-refractivity contribution in [1.29, 1.82) is 0 Å². The highest BCUT2D eigenvalue weighted by Gasteiger charge is 2.24. The third kappa shape index (κ3) is 2.03. The fourth-order valence-corrected chi connectivity index (χ4v) is 1.76. The molecular formula is C8H14N2OS. The molecule has 1 aromatic heterocycles. The zero-order valence-electron chi connectivity index (χ0n) is 7.37. The van der Waals surface area contributed by atoms with Crippen LogP contribution in [-0.4, -0.2) is 16.6 Å². The Bertz CT molecular complexity index is 257. The van der Waals surface area contributed by atoms with Crippen LogP contribution in [-0.2, 0) is 5.60 Å². The Morgan fingerprint density at radius 2 is 2.42 bits per heavy atom. The van der Waals surface area contributed by atoms with Crippen LogP contribution in [0.15, 0.2) is 5.38 Å². The average molecular weight is 186 g/mol. The lowest BCUT2D eigenvalue weighted by molar-refractivity contribution is 0.0464.